The Bertz CT molecular complexity index is 2440. The first-order chi connectivity index (χ1) is 31.0. The van der Waals surface area contributed by atoms with Gasteiger partial charge in [-0.2, -0.15) is 0 Å². The standard InChI is InChI=1S/C51H57ClN4O9/c1-29(49(63)54-40-8-6-9-44(40)59)23-46(61)41-26-31-10-20-42(57)38(25-31)39-27-35(17-21-43(39)58)48(47(62)24-30(2)50(64)55-41)56(3)51(65)36(7-4-5-22-53)28-45(60)34-13-11-32(12-14-34)33-15-18-37(52)19-16-33/h10-21,25,27,29-30,36,40-41,48,57-58H,4-9,22-24,26,28,53H2,1-3H3,(H,54,63)(H,55,64)/t29-,30-,36-,40-,41+,48+/m1/s1. The number of nitrogens with zero attached hydrogens (tertiary/aromatic N) is 1. The molecule has 6 rings (SSSR count). The van der Waals surface area contributed by atoms with Crippen molar-refractivity contribution in [2.45, 2.75) is 96.2 Å². The first-order valence-corrected chi connectivity index (χ1v) is 22.6. The van der Waals surface area contributed by atoms with Crippen molar-refractivity contribution in [3.63, 3.8) is 0 Å². The zero-order valence-electron chi connectivity index (χ0n) is 37.0. The molecule has 2 aliphatic rings. The Balaban J connectivity index is 1.29. The lowest BCUT2D eigenvalue weighted by Gasteiger charge is -2.32. The van der Waals surface area contributed by atoms with Crippen LogP contribution in [0, 0.1) is 17.8 Å². The Kier molecular flexibility index (Phi) is 16.1. The number of phenols is 2. The second-order valence-corrected chi connectivity index (χ2v) is 17.9. The molecule has 1 fully saturated rings. The number of halogens is 1. The van der Waals surface area contributed by atoms with Crippen LogP contribution in [-0.2, 0) is 35.2 Å². The summed E-state index contributed by atoms with van der Waals surface area (Å²) in [5.41, 5.74) is 9.18. The van der Waals surface area contributed by atoms with Crippen LogP contribution in [-0.4, -0.2) is 81.6 Å². The fourth-order valence-corrected chi connectivity index (χ4v) is 8.83. The minimum absolute atomic E-state index is 0.0367. The van der Waals surface area contributed by atoms with Gasteiger partial charge in [0.15, 0.2) is 23.1 Å². The van der Waals surface area contributed by atoms with E-state index in [1.54, 1.807) is 50.2 Å². The van der Waals surface area contributed by atoms with Crippen molar-refractivity contribution in [1.82, 2.24) is 15.5 Å². The molecule has 65 heavy (non-hydrogen) atoms. The van der Waals surface area contributed by atoms with E-state index in [1.807, 2.05) is 24.3 Å². The molecule has 14 heteroatoms. The molecule has 3 amide bonds. The largest absolute Gasteiger partial charge is 0.507 e. The summed E-state index contributed by atoms with van der Waals surface area (Å²) in [6.45, 7) is 3.50. The Morgan fingerprint density at radius 2 is 1.49 bits per heavy atom. The van der Waals surface area contributed by atoms with Gasteiger partial charge in [-0.25, -0.2) is 0 Å². The summed E-state index contributed by atoms with van der Waals surface area (Å²) in [7, 11) is 1.47. The number of amides is 3. The molecular weight excluding hydrogens is 848 g/mol. The number of carbonyl (C=O) groups is 7. The molecule has 0 radical (unpaired) electrons. The summed E-state index contributed by atoms with van der Waals surface area (Å²) in [6.07, 6.45) is 2.26. The normalized spacial score (nSPS) is 19.7. The van der Waals surface area contributed by atoms with Gasteiger partial charge in [-0.1, -0.05) is 80.4 Å². The van der Waals surface area contributed by atoms with Gasteiger partial charge >= 0.3 is 0 Å². The van der Waals surface area contributed by atoms with Crippen LogP contribution >= 0.6 is 11.6 Å². The van der Waals surface area contributed by atoms with E-state index in [0.29, 0.717) is 66.8 Å². The van der Waals surface area contributed by atoms with Crippen LogP contribution < -0.4 is 16.4 Å². The Hall–Kier alpha value is -6.18. The number of benzene rings is 4. The van der Waals surface area contributed by atoms with Gasteiger partial charge in [0.2, 0.25) is 17.7 Å². The highest BCUT2D eigenvalue weighted by Gasteiger charge is 2.37. The van der Waals surface area contributed by atoms with Crippen molar-refractivity contribution in [2.75, 3.05) is 13.6 Å². The summed E-state index contributed by atoms with van der Waals surface area (Å²) < 4.78 is 0. The lowest BCUT2D eigenvalue weighted by Crippen LogP contribution is -2.47. The second kappa shape index (κ2) is 21.7. The lowest BCUT2D eigenvalue weighted by molar-refractivity contribution is -0.142. The number of phenolic OH excluding ortho intramolecular Hbond substituents is 2. The fourth-order valence-electron chi connectivity index (χ4n) is 8.71. The molecule has 4 aromatic rings. The highest BCUT2D eigenvalue weighted by Crippen LogP contribution is 2.40. The Morgan fingerprint density at radius 3 is 2.14 bits per heavy atom. The van der Waals surface area contributed by atoms with E-state index in [0.717, 1.165) is 11.1 Å². The minimum atomic E-state index is -1.29. The van der Waals surface area contributed by atoms with Crippen LogP contribution in [0.2, 0.25) is 5.02 Å². The number of unbranched alkanes of at least 4 members (excludes halogenated alkanes) is 1. The number of rotatable bonds is 15. The van der Waals surface area contributed by atoms with Crippen LogP contribution in [0.5, 0.6) is 11.5 Å². The van der Waals surface area contributed by atoms with Crippen LogP contribution in [0.15, 0.2) is 84.9 Å². The van der Waals surface area contributed by atoms with Gasteiger partial charge in [-0.3, -0.25) is 33.6 Å². The van der Waals surface area contributed by atoms with Gasteiger partial charge in [0.05, 0.1) is 12.1 Å². The average Bonchev–Trinajstić information content (AvgIpc) is 3.69. The molecule has 13 nitrogen and oxygen atoms in total. The topological polar surface area (TPSA) is 213 Å². The van der Waals surface area contributed by atoms with Crippen LogP contribution in [0.25, 0.3) is 22.3 Å². The fraction of sp³-hybridized carbons (Fsp3) is 0.392. The summed E-state index contributed by atoms with van der Waals surface area (Å²) in [6, 6.07) is 20.3. The molecule has 342 valence electrons. The molecule has 0 aromatic heterocycles. The van der Waals surface area contributed by atoms with Gasteiger partial charge < -0.3 is 31.5 Å². The number of nitrogens with one attached hydrogen (secondary N) is 2. The maximum Gasteiger partial charge on any atom is 0.226 e. The summed E-state index contributed by atoms with van der Waals surface area (Å²) in [4.78, 5) is 97.6. The minimum Gasteiger partial charge on any atom is -0.507 e. The number of nitrogens with two attached hydrogens (primary N) is 1. The number of aromatic hydroxyl groups is 2. The van der Waals surface area contributed by atoms with Crippen molar-refractivity contribution >= 4 is 52.5 Å². The predicted octanol–water partition coefficient (Wildman–Crippen LogP) is 7.07. The van der Waals surface area contributed by atoms with Crippen molar-refractivity contribution in [3.8, 4) is 33.8 Å². The van der Waals surface area contributed by atoms with Crippen LogP contribution in [0.4, 0.5) is 0 Å². The molecule has 1 aliphatic carbocycles. The monoisotopic (exact) mass is 904 g/mol. The number of hydrogen-bond acceptors (Lipinski definition) is 10. The number of fused-ring (bicyclic) bond motifs is 5. The van der Waals surface area contributed by atoms with Crippen molar-refractivity contribution in [3.05, 3.63) is 107 Å². The first-order valence-electron chi connectivity index (χ1n) is 22.2. The van der Waals surface area contributed by atoms with Gasteiger partial charge in [0, 0.05) is 72.2 Å². The SMILES string of the molecule is C[C@@H]1CC(=O)[C@@H](N(C)C(=O)[C@H](CCCCN)CC(=O)c2ccc(-c3ccc(Cl)cc3)cc2)c2ccc(O)c(c2)-c2cc(ccc2O)C[C@@H](C(=O)C[C@@H](C)C(=O)N[C@@H]2CCCC2=O)NC1=O. The van der Waals surface area contributed by atoms with Crippen molar-refractivity contribution in [2.24, 2.45) is 23.5 Å². The number of hydrogen-bond donors (Lipinski definition) is 5. The van der Waals surface area contributed by atoms with E-state index < -0.39 is 65.2 Å². The number of Topliss-reactive ketones (excluding diaryl/α,β-unsaturated/α-hetero) is 4. The number of carbonyl (C=O) groups excluding carboxylic acids is 7. The van der Waals surface area contributed by atoms with Gasteiger partial charge in [-0.05, 0) is 97.3 Å². The summed E-state index contributed by atoms with van der Waals surface area (Å²) in [5.74, 6) is -5.92. The van der Waals surface area contributed by atoms with Crippen molar-refractivity contribution < 1.29 is 43.8 Å². The predicted molar refractivity (Wildman–Crippen MR) is 247 cm³/mol. The zero-order chi connectivity index (χ0) is 46.9. The number of likely N-dealkylation sites (N-methyl/N-ethyl adjacent to an activating group) is 1. The summed E-state index contributed by atoms with van der Waals surface area (Å²) in [5, 5.41) is 28.5. The highest BCUT2D eigenvalue weighted by atomic mass is 35.5. The van der Waals surface area contributed by atoms with Crippen LogP contribution in [0.1, 0.15) is 99.2 Å². The number of ketones is 4. The third kappa shape index (κ3) is 11.9. The second-order valence-electron chi connectivity index (χ2n) is 17.5. The Labute approximate surface area is 384 Å². The molecule has 4 bridgehead atoms. The van der Waals surface area contributed by atoms with E-state index in [1.165, 1.54) is 36.2 Å². The molecule has 1 heterocycles. The Morgan fingerprint density at radius 1 is 0.846 bits per heavy atom. The van der Waals surface area contributed by atoms with Crippen LogP contribution in [0.3, 0.4) is 0 Å². The van der Waals surface area contributed by atoms with E-state index in [4.69, 9.17) is 17.3 Å². The lowest BCUT2D eigenvalue weighted by atomic mass is 9.87. The molecule has 6 N–H and O–H groups in total. The van der Waals surface area contributed by atoms with Gasteiger partial charge in [0.1, 0.15) is 17.5 Å². The third-order valence-electron chi connectivity index (χ3n) is 12.6. The maximum atomic E-state index is 14.7. The smallest absolute Gasteiger partial charge is 0.226 e. The molecule has 0 saturated heterocycles. The van der Waals surface area contributed by atoms with Crippen molar-refractivity contribution in [1.29, 1.82) is 0 Å². The molecule has 1 saturated carbocycles. The molecule has 6 atom stereocenters. The van der Waals surface area contributed by atoms with Gasteiger partial charge in [-0.15, -0.1) is 0 Å². The first kappa shape index (κ1) is 48.3. The molecular formula is C51H57ClN4O9. The average molecular weight is 905 g/mol. The summed E-state index contributed by atoms with van der Waals surface area (Å²) >= 11 is 6.06. The van der Waals surface area contributed by atoms with E-state index in [2.05, 4.69) is 10.6 Å². The van der Waals surface area contributed by atoms with E-state index in [-0.39, 0.29) is 59.9 Å². The third-order valence-corrected chi connectivity index (χ3v) is 12.8. The molecule has 0 unspecified atom stereocenters. The maximum absolute atomic E-state index is 14.7. The molecule has 0 spiro atoms. The molecule has 1 aliphatic heterocycles. The quantitative estimate of drug-likeness (QED) is 0.0605. The zero-order valence-corrected chi connectivity index (χ0v) is 37.7. The van der Waals surface area contributed by atoms with Gasteiger partial charge in [0.25, 0.3) is 0 Å². The highest BCUT2D eigenvalue weighted by molar-refractivity contribution is 6.30. The van der Waals surface area contributed by atoms with E-state index >= 15 is 0 Å². The molecule has 4 aromatic carbocycles. The van der Waals surface area contributed by atoms with E-state index in [9.17, 15) is 43.8 Å².